The second-order valence-electron chi connectivity index (χ2n) is 6.89. The number of rotatable bonds is 7. The molecule has 1 aliphatic heterocycles. The lowest BCUT2D eigenvalue weighted by Gasteiger charge is -2.26. The maximum atomic E-state index is 13.1. The van der Waals surface area contributed by atoms with Crippen molar-refractivity contribution in [2.75, 3.05) is 26.3 Å². The molecule has 1 aromatic heterocycles. The van der Waals surface area contributed by atoms with E-state index in [1.54, 1.807) is 12.1 Å². The highest BCUT2D eigenvalue weighted by atomic mass is 16.5. The number of aromatic nitrogens is 2. The lowest BCUT2D eigenvalue weighted by Crippen LogP contribution is -2.42. The Hall–Kier alpha value is -2.71. The topological polar surface area (TPSA) is 105 Å². The predicted molar refractivity (Wildman–Crippen MR) is 104 cm³/mol. The van der Waals surface area contributed by atoms with E-state index in [9.17, 15) is 19.5 Å². The summed E-state index contributed by atoms with van der Waals surface area (Å²) in [6.07, 6.45) is 3.08. The van der Waals surface area contributed by atoms with Crippen LogP contribution in [0.1, 0.15) is 41.4 Å². The molecule has 150 valence electrons. The summed E-state index contributed by atoms with van der Waals surface area (Å²) in [5.74, 6) is -1.32. The summed E-state index contributed by atoms with van der Waals surface area (Å²) in [6, 6.07) is 7.23. The van der Waals surface area contributed by atoms with Gasteiger partial charge >= 0.3 is 11.7 Å². The van der Waals surface area contributed by atoms with Crippen LogP contribution >= 0.6 is 0 Å². The Morgan fingerprint density at radius 3 is 2.46 bits per heavy atom. The van der Waals surface area contributed by atoms with Gasteiger partial charge in [-0.15, -0.1) is 0 Å². The monoisotopic (exact) mass is 387 g/mol. The number of carboxylic acid groups (broad SMARTS) is 1. The summed E-state index contributed by atoms with van der Waals surface area (Å²) in [7, 11) is 0. The minimum atomic E-state index is -1.32. The molecule has 1 aliphatic rings. The first-order chi connectivity index (χ1) is 13.5. The van der Waals surface area contributed by atoms with Crippen molar-refractivity contribution in [2.24, 2.45) is 0 Å². The average Bonchev–Trinajstić information content (AvgIpc) is 2.70. The van der Waals surface area contributed by atoms with Gasteiger partial charge in [0.25, 0.3) is 5.56 Å². The van der Waals surface area contributed by atoms with E-state index in [-0.39, 0.29) is 17.8 Å². The zero-order chi connectivity index (χ0) is 20.1. The minimum absolute atomic E-state index is 0.0732. The molecule has 0 aliphatic carbocycles. The molecule has 0 saturated carbocycles. The molecule has 8 heteroatoms. The largest absolute Gasteiger partial charge is 0.477 e. The summed E-state index contributed by atoms with van der Waals surface area (Å²) in [6.45, 7) is 4.52. The summed E-state index contributed by atoms with van der Waals surface area (Å²) in [5, 5.41) is 9.46. The molecule has 2 aromatic rings. The number of nitrogens with zero attached hydrogens (tertiary/aromatic N) is 2. The molecular formula is C20H25N3O5. The number of benzene rings is 1. The first kappa shape index (κ1) is 20.0. The molecule has 0 amide bonds. The van der Waals surface area contributed by atoms with Gasteiger partial charge in [-0.05, 0) is 30.5 Å². The molecule has 2 N–H and O–H groups in total. The molecule has 2 heterocycles. The SMILES string of the molecule is CCCCc1ccc(-n2c(=O)[nH]c(C(=O)O)c(CN3CCOCC3)c2=O)cc1. The molecule has 0 atom stereocenters. The Morgan fingerprint density at radius 1 is 1.18 bits per heavy atom. The van der Waals surface area contributed by atoms with Gasteiger partial charge in [-0.2, -0.15) is 0 Å². The smallest absolute Gasteiger partial charge is 0.352 e. The van der Waals surface area contributed by atoms with Crippen LogP contribution in [0.25, 0.3) is 5.69 Å². The van der Waals surface area contributed by atoms with E-state index in [1.165, 1.54) is 0 Å². The zero-order valence-electron chi connectivity index (χ0n) is 15.9. The van der Waals surface area contributed by atoms with Crippen LogP contribution in [0.2, 0.25) is 0 Å². The van der Waals surface area contributed by atoms with Gasteiger partial charge in [-0.3, -0.25) is 9.69 Å². The van der Waals surface area contributed by atoms with Crippen molar-refractivity contribution in [2.45, 2.75) is 32.7 Å². The van der Waals surface area contributed by atoms with Gasteiger partial charge in [-0.1, -0.05) is 25.5 Å². The maximum absolute atomic E-state index is 13.1. The Morgan fingerprint density at radius 2 is 1.86 bits per heavy atom. The molecule has 0 bridgehead atoms. The normalized spacial score (nSPS) is 14.9. The summed E-state index contributed by atoms with van der Waals surface area (Å²) in [4.78, 5) is 41.5. The highest BCUT2D eigenvalue weighted by Gasteiger charge is 2.22. The van der Waals surface area contributed by atoms with Crippen LogP contribution in [0.15, 0.2) is 33.9 Å². The van der Waals surface area contributed by atoms with Gasteiger partial charge in [-0.25, -0.2) is 14.2 Å². The van der Waals surface area contributed by atoms with Gasteiger partial charge in [0.05, 0.1) is 24.5 Å². The van der Waals surface area contributed by atoms with Crippen molar-refractivity contribution in [1.29, 1.82) is 0 Å². The van der Waals surface area contributed by atoms with Crippen LogP contribution in [-0.2, 0) is 17.7 Å². The zero-order valence-corrected chi connectivity index (χ0v) is 15.9. The molecule has 3 rings (SSSR count). The van der Waals surface area contributed by atoms with E-state index in [2.05, 4.69) is 11.9 Å². The minimum Gasteiger partial charge on any atom is -0.477 e. The van der Waals surface area contributed by atoms with Crippen molar-refractivity contribution in [3.05, 3.63) is 61.9 Å². The predicted octanol–water partition coefficient (Wildman–Crippen LogP) is 1.40. The Balaban J connectivity index is 2.01. The van der Waals surface area contributed by atoms with Crippen molar-refractivity contribution >= 4 is 5.97 Å². The standard InChI is InChI=1S/C20H25N3O5/c1-2-3-4-14-5-7-15(8-6-14)23-18(24)16(13-22-9-11-28-12-10-22)17(19(25)26)21-20(23)27/h5-8H,2-4,9-13H2,1H3,(H,21,27)(H,25,26). The second-order valence-corrected chi connectivity index (χ2v) is 6.89. The number of carbonyl (C=O) groups is 1. The lowest BCUT2D eigenvalue weighted by molar-refractivity contribution is 0.0336. The number of hydrogen-bond acceptors (Lipinski definition) is 5. The molecule has 0 unspecified atom stereocenters. The van der Waals surface area contributed by atoms with Crippen molar-refractivity contribution in [3.8, 4) is 5.69 Å². The number of carboxylic acids is 1. The van der Waals surface area contributed by atoms with Crippen molar-refractivity contribution in [3.63, 3.8) is 0 Å². The van der Waals surface area contributed by atoms with Gasteiger partial charge in [0.15, 0.2) is 0 Å². The number of aromatic amines is 1. The second kappa shape index (κ2) is 8.99. The molecule has 28 heavy (non-hydrogen) atoms. The van der Waals surface area contributed by atoms with E-state index in [4.69, 9.17) is 4.74 Å². The van der Waals surface area contributed by atoms with Gasteiger partial charge in [0, 0.05) is 19.6 Å². The number of morpholine rings is 1. The summed E-state index contributed by atoms with van der Waals surface area (Å²) >= 11 is 0. The quantitative estimate of drug-likeness (QED) is 0.744. The summed E-state index contributed by atoms with van der Waals surface area (Å²) in [5.41, 5.74) is -0.0813. The number of aromatic carboxylic acids is 1. The first-order valence-corrected chi connectivity index (χ1v) is 9.52. The van der Waals surface area contributed by atoms with Crippen LogP contribution < -0.4 is 11.2 Å². The molecule has 1 fully saturated rings. The van der Waals surface area contributed by atoms with Crippen molar-refractivity contribution in [1.82, 2.24) is 14.5 Å². The number of aryl methyl sites for hydroxylation is 1. The van der Waals surface area contributed by atoms with E-state index < -0.39 is 17.2 Å². The van der Waals surface area contributed by atoms with Crippen LogP contribution in [0, 0.1) is 0 Å². The molecule has 1 aromatic carbocycles. The fourth-order valence-electron chi connectivity index (χ4n) is 3.31. The molecule has 1 saturated heterocycles. The van der Waals surface area contributed by atoms with Gasteiger partial charge < -0.3 is 14.8 Å². The van der Waals surface area contributed by atoms with E-state index >= 15 is 0 Å². The molecule has 0 spiro atoms. The number of hydrogen-bond donors (Lipinski definition) is 2. The first-order valence-electron chi connectivity index (χ1n) is 9.52. The Labute approximate surface area is 162 Å². The number of nitrogens with one attached hydrogen (secondary N) is 1. The fourth-order valence-corrected chi connectivity index (χ4v) is 3.31. The van der Waals surface area contributed by atoms with Gasteiger partial charge in [0.2, 0.25) is 0 Å². The highest BCUT2D eigenvalue weighted by Crippen LogP contribution is 2.11. The maximum Gasteiger partial charge on any atom is 0.352 e. The van der Waals surface area contributed by atoms with Gasteiger partial charge in [0.1, 0.15) is 5.69 Å². The van der Waals surface area contributed by atoms with Crippen LogP contribution in [0.5, 0.6) is 0 Å². The fraction of sp³-hybridized carbons (Fsp3) is 0.450. The van der Waals surface area contributed by atoms with Crippen molar-refractivity contribution < 1.29 is 14.6 Å². The van der Waals surface area contributed by atoms with Crippen LogP contribution in [0.3, 0.4) is 0 Å². The van der Waals surface area contributed by atoms with E-state index in [0.717, 1.165) is 29.4 Å². The Kier molecular flexibility index (Phi) is 6.43. The highest BCUT2D eigenvalue weighted by molar-refractivity contribution is 5.86. The third-order valence-electron chi connectivity index (χ3n) is 4.91. The molecule has 0 radical (unpaired) electrons. The third-order valence-corrected chi connectivity index (χ3v) is 4.91. The number of ether oxygens (including phenoxy) is 1. The lowest BCUT2D eigenvalue weighted by atomic mass is 10.1. The van der Waals surface area contributed by atoms with E-state index in [0.29, 0.717) is 32.0 Å². The van der Waals surface area contributed by atoms with Crippen LogP contribution in [0.4, 0.5) is 0 Å². The van der Waals surface area contributed by atoms with Crippen LogP contribution in [-0.4, -0.2) is 51.8 Å². The average molecular weight is 387 g/mol. The number of H-pyrrole nitrogens is 1. The summed E-state index contributed by atoms with van der Waals surface area (Å²) < 4.78 is 6.30. The van der Waals surface area contributed by atoms with E-state index in [1.807, 2.05) is 17.0 Å². The molecular weight excluding hydrogens is 362 g/mol. The molecule has 8 nitrogen and oxygen atoms in total. The number of unbranched alkanes of at least 4 members (excludes halogenated alkanes) is 1. The third kappa shape index (κ3) is 4.40. The Bertz CT molecular complexity index is 940.